The van der Waals surface area contributed by atoms with E-state index in [0.29, 0.717) is 5.75 Å². The lowest BCUT2D eigenvalue weighted by Gasteiger charge is -2.00. The van der Waals surface area contributed by atoms with Crippen molar-refractivity contribution in [3.8, 4) is 5.75 Å². The van der Waals surface area contributed by atoms with Gasteiger partial charge in [-0.2, -0.15) is 0 Å². The lowest BCUT2D eigenvalue weighted by molar-refractivity contribution is -0.128. The van der Waals surface area contributed by atoms with Crippen molar-refractivity contribution >= 4 is 5.97 Å². The Morgan fingerprint density at radius 1 is 1.42 bits per heavy atom. The Balaban J connectivity index is 2.71. The van der Waals surface area contributed by atoms with Gasteiger partial charge in [0.05, 0.1) is 0 Å². The van der Waals surface area contributed by atoms with Crippen LogP contribution in [0.2, 0.25) is 0 Å². The van der Waals surface area contributed by atoms with Crippen LogP contribution in [0.15, 0.2) is 36.9 Å². The van der Waals surface area contributed by atoms with Crippen LogP contribution in [-0.4, -0.2) is 5.97 Å². The van der Waals surface area contributed by atoms with Gasteiger partial charge in [-0.25, -0.2) is 4.79 Å². The highest BCUT2D eigenvalue weighted by molar-refractivity contribution is 5.83. The molecule has 0 bridgehead atoms. The van der Waals surface area contributed by atoms with E-state index in [0.717, 1.165) is 11.6 Å². The number of carbonyl (C=O) groups is 1. The molecule has 0 spiro atoms. The summed E-state index contributed by atoms with van der Waals surface area (Å²) in [6, 6.07) is 7.25. The van der Waals surface area contributed by atoms with Crippen LogP contribution in [0.25, 0.3) is 0 Å². The average molecular weight is 162 g/mol. The molecule has 12 heavy (non-hydrogen) atoms. The van der Waals surface area contributed by atoms with Gasteiger partial charge in [0.25, 0.3) is 0 Å². The average Bonchev–Trinajstić information content (AvgIpc) is 2.09. The quantitative estimate of drug-likeness (QED) is 0.378. The first-order chi connectivity index (χ1) is 5.72. The Bertz CT molecular complexity index is 285. The maximum absolute atomic E-state index is 10.7. The molecule has 0 unspecified atom stereocenters. The third-order valence-corrected chi connectivity index (χ3v) is 1.41. The molecule has 0 saturated carbocycles. The zero-order valence-electron chi connectivity index (χ0n) is 6.91. The van der Waals surface area contributed by atoms with Crippen molar-refractivity contribution in [3.63, 3.8) is 0 Å². The maximum atomic E-state index is 10.7. The van der Waals surface area contributed by atoms with Crippen LogP contribution in [0.1, 0.15) is 5.56 Å². The van der Waals surface area contributed by atoms with Crippen molar-refractivity contribution in [1.29, 1.82) is 0 Å². The molecule has 0 aliphatic rings. The lowest BCUT2D eigenvalue weighted by atomic mass is 10.2. The number of ether oxygens (including phenoxy) is 1. The molecule has 0 aliphatic carbocycles. The molecule has 0 amide bonds. The fraction of sp³-hybridized carbons (Fsp3) is 0.100. The third kappa shape index (κ3) is 2.23. The predicted octanol–water partition coefficient (Wildman–Crippen LogP) is 2.09. The number of carbonyl (C=O) groups excluding carboxylic acids is 1. The second kappa shape index (κ2) is 3.72. The molecule has 1 aromatic rings. The minimum Gasteiger partial charge on any atom is -0.423 e. The SMILES string of the molecule is C=CC(=O)Oc1ccc(C)cc1. The topological polar surface area (TPSA) is 26.3 Å². The molecule has 0 radical (unpaired) electrons. The zero-order valence-corrected chi connectivity index (χ0v) is 6.91. The van der Waals surface area contributed by atoms with Crippen LogP contribution in [0.3, 0.4) is 0 Å². The maximum Gasteiger partial charge on any atom is 0.335 e. The van der Waals surface area contributed by atoms with Crippen molar-refractivity contribution in [2.75, 3.05) is 0 Å². The van der Waals surface area contributed by atoms with Crippen LogP contribution >= 0.6 is 0 Å². The standard InChI is InChI=1S/C10H10O2/c1-3-10(11)12-9-6-4-8(2)5-7-9/h3-7H,1H2,2H3. The smallest absolute Gasteiger partial charge is 0.335 e. The second-order valence-electron chi connectivity index (χ2n) is 2.44. The van der Waals surface area contributed by atoms with Crippen molar-refractivity contribution in [2.24, 2.45) is 0 Å². The lowest BCUT2D eigenvalue weighted by Crippen LogP contribution is -2.02. The highest BCUT2D eigenvalue weighted by Gasteiger charge is 1.97. The summed E-state index contributed by atoms with van der Waals surface area (Å²) in [5.74, 6) is 0.115. The second-order valence-corrected chi connectivity index (χ2v) is 2.44. The summed E-state index contributed by atoms with van der Waals surface area (Å²) in [4.78, 5) is 10.7. The van der Waals surface area contributed by atoms with Gasteiger partial charge in [-0.3, -0.25) is 0 Å². The Hall–Kier alpha value is -1.57. The van der Waals surface area contributed by atoms with Gasteiger partial charge in [0.1, 0.15) is 5.75 Å². The molecule has 0 saturated heterocycles. The Morgan fingerprint density at radius 2 is 2.00 bits per heavy atom. The molecule has 0 heterocycles. The molecule has 0 atom stereocenters. The molecule has 1 aromatic carbocycles. The van der Waals surface area contributed by atoms with E-state index >= 15 is 0 Å². The fourth-order valence-corrected chi connectivity index (χ4v) is 0.764. The molecule has 0 fully saturated rings. The minimum absolute atomic E-state index is 0.432. The van der Waals surface area contributed by atoms with E-state index in [1.165, 1.54) is 0 Å². The summed E-state index contributed by atoms with van der Waals surface area (Å²) >= 11 is 0. The number of rotatable bonds is 2. The number of benzene rings is 1. The molecule has 2 nitrogen and oxygen atoms in total. The third-order valence-electron chi connectivity index (χ3n) is 1.41. The van der Waals surface area contributed by atoms with E-state index in [2.05, 4.69) is 6.58 Å². The van der Waals surface area contributed by atoms with Crippen molar-refractivity contribution < 1.29 is 9.53 Å². The van der Waals surface area contributed by atoms with E-state index < -0.39 is 5.97 Å². The van der Waals surface area contributed by atoms with Gasteiger partial charge in [0.2, 0.25) is 0 Å². The summed E-state index contributed by atoms with van der Waals surface area (Å²) in [6.07, 6.45) is 1.14. The van der Waals surface area contributed by atoms with Gasteiger partial charge >= 0.3 is 5.97 Å². The van der Waals surface area contributed by atoms with Crippen LogP contribution < -0.4 is 4.74 Å². The summed E-state index contributed by atoms with van der Waals surface area (Å²) in [7, 11) is 0. The monoisotopic (exact) mass is 162 g/mol. The zero-order chi connectivity index (χ0) is 8.97. The van der Waals surface area contributed by atoms with Gasteiger partial charge in [-0.1, -0.05) is 24.3 Å². The molecule has 0 aromatic heterocycles. The minimum atomic E-state index is -0.432. The van der Waals surface area contributed by atoms with E-state index in [4.69, 9.17) is 4.74 Å². The molecule has 62 valence electrons. The van der Waals surface area contributed by atoms with Crippen molar-refractivity contribution in [1.82, 2.24) is 0 Å². The highest BCUT2D eigenvalue weighted by atomic mass is 16.5. The first kappa shape index (κ1) is 8.53. The van der Waals surface area contributed by atoms with E-state index in [9.17, 15) is 4.79 Å². The summed E-state index contributed by atoms with van der Waals surface area (Å²) in [5.41, 5.74) is 1.13. The highest BCUT2D eigenvalue weighted by Crippen LogP contribution is 2.11. The first-order valence-corrected chi connectivity index (χ1v) is 3.63. The Labute approximate surface area is 71.5 Å². The number of esters is 1. The van der Waals surface area contributed by atoms with E-state index in [1.54, 1.807) is 12.1 Å². The summed E-state index contributed by atoms with van der Waals surface area (Å²) in [6.45, 7) is 5.27. The number of hydrogen-bond donors (Lipinski definition) is 0. The fourth-order valence-electron chi connectivity index (χ4n) is 0.764. The number of aryl methyl sites for hydroxylation is 1. The molecule has 1 rings (SSSR count). The van der Waals surface area contributed by atoms with Crippen molar-refractivity contribution in [3.05, 3.63) is 42.5 Å². The van der Waals surface area contributed by atoms with E-state index in [1.807, 2.05) is 19.1 Å². The predicted molar refractivity (Wildman–Crippen MR) is 47.0 cm³/mol. The van der Waals surface area contributed by atoms with E-state index in [-0.39, 0.29) is 0 Å². The molecule has 2 heteroatoms. The van der Waals surface area contributed by atoms with Gasteiger partial charge in [-0.05, 0) is 19.1 Å². The van der Waals surface area contributed by atoms with Crippen LogP contribution in [0.4, 0.5) is 0 Å². The van der Waals surface area contributed by atoms with Crippen LogP contribution in [0.5, 0.6) is 5.75 Å². The summed E-state index contributed by atoms with van der Waals surface area (Å²) in [5, 5.41) is 0. The number of hydrogen-bond acceptors (Lipinski definition) is 2. The van der Waals surface area contributed by atoms with Crippen molar-refractivity contribution in [2.45, 2.75) is 6.92 Å². The first-order valence-electron chi connectivity index (χ1n) is 3.63. The largest absolute Gasteiger partial charge is 0.423 e. The Kier molecular flexibility index (Phi) is 2.64. The molecule has 0 N–H and O–H groups in total. The van der Waals surface area contributed by atoms with Crippen LogP contribution in [0, 0.1) is 6.92 Å². The van der Waals surface area contributed by atoms with Crippen LogP contribution in [-0.2, 0) is 4.79 Å². The molecule has 0 aliphatic heterocycles. The molecular weight excluding hydrogens is 152 g/mol. The van der Waals surface area contributed by atoms with Gasteiger partial charge in [0.15, 0.2) is 0 Å². The van der Waals surface area contributed by atoms with Gasteiger partial charge < -0.3 is 4.74 Å². The normalized spacial score (nSPS) is 9.08. The Morgan fingerprint density at radius 3 is 2.50 bits per heavy atom. The van der Waals surface area contributed by atoms with Gasteiger partial charge in [0, 0.05) is 6.08 Å². The summed E-state index contributed by atoms with van der Waals surface area (Å²) < 4.78 is 4.86. The van der Waals surface area contributed by atoms with Gasteiger partial charge in [-0.15, -0.1) is 0 Å². The molecular formula is C10H10O2.